The summed E-state index contributed by atoms with van der Waals surface area (Å²) in [4.78, 5) is 40.2. The first-order chi connectivity index (χ1) is 16.0. The van der Waals surface area contributed by atoms with Gasteiger partial charge in [0.2, 0.25) is 17.7 Å². The minimum Gasteiger partial charge on any atom is -0.496 e. The molecule has 0 bridgehead atoms. The van der Waals surface area contributed by atoms with Gasteiger partial charge in [0, 0.05) is 25.1 Å². The number of piperidine rings is 1. The van der Waals surface area contributed by atoms with Gasteiger partial charge >= 0.3 is 0 Å². The molecule has 2 aromatic rings. The Hall–Kier alpha value is -3.35. The first kappa shape index (κ1) is 24.3. The zero-order valence-electron chi connectivity index (χ0n) is 19.4. The van der Waals surface area contributed by atoms with Crippen LogP contribution < -0.4 is 15.4 Å². The molecular formula is C26H33N3O4. The molecule has 0 aliphatic carbocycles. The third-order valence-corrected chi connectivity index (χ3v) is 6.01. The summed E-state index contributed by atoms with van der Waals surface area (Å²) in [6.07, 6.45) is 2.55. The summed E-state index contributed by atoms with van der Waals surface area (Å²) in [5.41, 5.74) is 1.81. The van der Waals surface area contributed by atoms with Gasteiger partial charge < -0.3 is 20.3 Å². The van der Waals surface area contributed by atoms with E-state index in [-0.39, 0.29) is 24.3 Å². The highest BCUT2D eigenvalue weighted by atomic mass is 16.5. The lowest BCUT2D eigenvalue weighted by Gasteiger charge is -2.41. The zero-order chi connectivity index (χ0) is 23.6. The number of para-hydroxylation sites is 1. The molecular weight excluding hydrogens is 418 g/mol. The van der Waals surface area contributed by atoms with Crippen molar-refractivity contribution in [3.8, 4) is 5.75 Å². The molecule has 0 radical (unpaired) electrons. The van der Waals surface area contributed by atoms with Crippen LogP contribution in [0.5, 0.6) is 5.75 Å². The Morgan fingerprint density at radius 1 is 1.06 bits per heavy atom. The van der Waals surface area contributed by atoms with E-state index in [1.807, 2.05) is 59.5 Å². The number of carbonyl (C=O) groups excluding carboxylic acids is 3. The van der Waals surface area contributed by atoms with Crippen LogP contribution in [-0.4, -0.2) is 42.8 Å². The quantitative estimate of drug-likeness (QED) is 0.581. The Bertz CT molecular complexity index is 948. The van der Waals surface area contributed by atoms with Gasteiger partial charge in [-0.1, -0.05) is 61.9 Å². The van der Waals surface area contributed by atoms with Crippen LogP contribution in [0.3, 0.4) is 0 Å². The van der Waals surface area contributed by atoms with Crippen molar-refractivity contribution in [1.29, 1.82) is 0 Å². The average Bonchev–Trinajstić information content (AvgIpc) is 2.85. The van der Waals surface area contributed by atoms with E-state index in [9.17, 15) is 14.4 Å². The fourth-order valence-corrected chi connectivity index (χ4v) is 4.27. The van der Waals surface area contributed by atoms with E-state index in [2.05, 4.69) is 17.6 Å². The molecule has 7 heteroatoms. The van der Waals surface area contributed by atoms with Crippen LogP contribution in [0.2, 0.25) is 0 Å². The number of benzene rings is 2. The Labute approximate surface area is 195 Å². The number of likely N-dealkylation sites (tertiary alicyclic amines) is 1. The van der Waals surface area contributed by atoms with Crippen LogP contribution in [0.1, 0.15) is 49.8 Å². The van der Waals surface area contributed by atoms with Crippen molar-refractivity contribution in [3.63, 3.8) is 0 Å². The van der Waals surface area contributed by atoms with Crippen molar-refractivity contribution >= 4 is 17.7 Å². The molecule has 3 rings (SSSR count). The fourth-order valence-electron chi connectivity index (χ4n) is 4.27. The standard InChI is InChI=1S/C26H33N3O4/c1-3-4-16-29-24(31)15-14-21(25(29)20-12-8-9-13-22(20)33-2)26(32)28-18-23(30)27-17-19-10-6-5-7-11-19/h5-13,21,25H,3-4,14-18H2,1-2H3,(H,27,30)(H,28,32). The maximum absolute atomic E-state index is 13.2. The molecule has 2 aromatic carbocycles. The number of ether oxygens (including phenoxy) is 1. The van der Waals surface area contributed by atoms with E-state index < -0.39 is 12.0 Å². The summed E-state index contributed by atoms with van der Waals surface area (Å²) in [7, 11) is 1.59. The normalized spacial score (nSPS) is 18.0. The Morgan fingerprint density at radius 3 is 2.52 bits per heavy atom. The molecule has 2 unspecified atom stereocenters. The van der Waals surface area contributed by atoms with Crippen LogP contribution in [0.15, 0.2) is 54.6 Å². The third kappa shape index (κ3) is 6.34. The summed E-state index contributed by atoms with van der Waals surface area (Å²) in [6, 6.07) is 16.7. The van der Waals surface area contributed by atoms with Gasteiger partial charge in [-0.2, -0.15) is 0 Å². The number of hydrogen-bond acceptors (Lipinski definition) is 4. The van der Waals surface area contributed by atoms with Crippen molar-refractivity contribution in [2.24, 2.45) is 5.92 Å². The van der Waals surface area contributed by atoms with Gasteiger partial charge in [0.15, 0.2) is 0 Å². The SMILES string of the molecule is CCCCN1C(=O)CCC(C(=O)NCC(=O)NCc2ccccc2)C1c1ccccc1OC. The number of hydrogen-bond donors (Lipinski definition) is 2. The summed E-state index contributed by atoms with van der Waals surface area (Å²) in [5, 5.41) is 5.61. The van der Waals surface area contributed by atoms with Crippen LogP contribution in [0, 0.1) is 5.92 Å². The molecule has 7 nitrogen and oxygen atoms in total. The molecule has 1 heterocycles. The summed E-state index contributed by atoms with van der Waals surface area (Å²) < 4.78 is 5.55. The van der Waals surface area contributed by atoms with Gasteiger partial charge in [-0.25, -0.2) is 0 Å². The summed E-state index contributed by atoms with van der Waals surface area (Å²) in [6.45, 7) is 2.95. The van der Waals surface area contributed by atoms with Crippen LogP contribution in [0.4, 0.5) is 0 Å². The minimum atomic E-state index is -0.460. The predicted octanol–water partition coefficient (Wildman–Crippen LogP) is 3.21. The van der Waals surface area contributed by atoms with Crippen molar-refractivity contribution in [2.45, 2.75) is 45.2 Å². The van der Waals surface area contributed by atoms with Crippen LogP contribution in [0.25, 0.3) is 0 Å². The number of amides is 3. The second-order valence-corrected chi connectivity index (χ2v) is 8.25. The lowest BCUT2D eigenvalue weighted by molar-refractivity contribution is -0.144. The molecule has 1 fully saturated rings. The van der Waals surface area contributed by atoms with Gasteiger partial charge in [-0.15, -0.1) is 0 Å². The Kier molecular flexibility index (Phi) is 8.87. The van der Waals surface area contributed by atoms with E-state index in [1.54, 1.807) is 7.11 Å². The maximum atomic E-state index is 13.2. The van der Waals surface area contributed by atoms with E-state index in [1.165, 1.54) is 0 Å². The largest absolute Gasteiger partial charge is 0.496 e. The third-order valence-electron chi connectivity index (χ3n) is 6.01. The number of carbonyl (C=O) groups is 3. The maximum Gasteiger partial charge on any atom is 0.239 e. The molecule has 0 spiro atoms. The number of nitrogens with one attached hydrogen (secondary N) is 2. The molecule has 2 N–H and O–H groups in total. The lowest BCUT2D eigenvalue weighted by Crippen LogP contribution is -2.49. The highest BCUT2D eigenvalue weighted by Crippen LogP contribution is 2.40. The van der Waals surface area contributed by atoms with Crippen LogP contribution in [-0.2, 0) is 20.9 Å². The van der Waals surface area contributed by atoms with Gasteiger partial charge in [0.25, 0.3) is 0 Å². The van der Waals surface area contributed by atoms with Gasteiger partial charge in [0.1, 0.15) is 5.75 Å². The van der Waals surface area contributed by atoms with Gasteiger partial charge in [0.05, 0.1) is 25.6 Å². The van der Waals surface area contributed by atoms with Gasteiger partial charge in [-0.05, 0) is 24.5 Å². The van der Waals surface area contributed by atoms with E-state index in [0.717, 1.165) is 24.0 Å². The molecule has 3 amide bonds. The topological polar surface area (TPSA) is 87.7 Å². The first-order valence-corrected chi connectivity index (χ1v) is 11.6. The molecule has 0 aromatic heterocycles. The molecule has 1 aliphatic heterocycles. The van der Waals surface area contributed by atoms with E-state index >= 15 is 0 Å². The molecule has 176 valence electrons. The second-order valence-electron chi connectivity index (χ2n) is 8.25. The number of unbranched alkanes of at least 4 members (excludes halogenated alkanes) is 1. The van der Waals surface area contributed by atoms with Crippen molar-refractivity contribution in [2.75, 3.05) is 20.2 Å². The minimum absolute atomic E-state index is 0.0454. The number of methoxy groups -OCH3 is 1. The monoisotopic (exact) mass is 451 g/mol. The van der Waals surface area contributed by atoms with Crippen molar-refractivity contribution in [3.05, 3.63) is 65.7 Å². The molecule has 2 atom stereocenters. The predicted molar refractivity (Wildman–Crippen MR) is 126 cm³/mol. The van der Waals surface area contributed by atoms with Crippen molar-refractivity contribution in [1.82, 2.24) is 15.5 Å². The summed E-state index contributed by atoms with van der Waals surface area (Å²) in [5.74, 6) is -0.246. The highest BCUT2D eigenvalue weighted by molar-refractivity contribution is 5.88. The molecule has 1 aliphatic rings. The number of nitrogens with zero attached hydrogens (tertiary/aromatic N) is 1. The summed E-state index contributed by atoms with van der Waals surface area (Å²) >= 11 is 0. The Morgan fingerprint density at radius 2 is 1.79 bits per heavy atom. The zero-order valence-corrected chi connectivity index (χ0v) is 19.4. The van der Waals surface area contributed by atoms with E-state index in [0.29, 0.717) is 31.7 Å². The first-order valence-electron chi connectivity index (χ1n) is 11.6. The van der Waals surface area contributed by atoms with Crippen molar-refractivity contribution < 1.29 is 19.1 Å². The molecule has 0 saturated carbocycles. The fraction of sp³-hybridized carbons (Fsp3) is 0.423. The smallest absolute Gasteiger partial charge is 0.239 e. The number of rotatable bonds is 10. The van der Waals surface area contributed by atoms with Crippen LogP contribution >= 0.6 is 0 Å². The molecule has 33 heavy (non-hydrogen) atoms. The van der Waals surface area contributed by atoms with Gasteiger partial charge in [-0.3, -0.25) is 14.4 Å². The Balaban J connectivity index is 1.72. The second kappa shape index (κ2) is 12.0. The average molecular weight is 452 g/mol. The molecule has 1 saturated heterocycles. The van der Waals surface area contributed by atoms with E-state index in [4.69, 9.17) is 4.74 Å². The lowest BCUT2D eigenvalue weighted by atomic mass is 9.83. The highest BCUT2D eigenvalue weighted by Gasteiger charge is 2.41.